The normalized spacial score (nSPS) is 11.0. The van der Waals surface area contributed by atoms with Crippen LogP contribution in [0, 0.1) is 19.8 Å². The zero-order valence-corrected chi connectivity index (χ0v) is 11.6. The van der Waals surface area contributed by atoms with Crippen LogP contribution in [-0.4, -0.2) is 23.7 Å². The molecule has 17 heavy (non-hydrogen) atoms. The van der Waals surface area contributed by atoms with Crippen LogP contribution in [0.1, 0.15) is 37.1 Å². The highest BCUT2D eigenvalue weighted by molar-refractivity contribution is 5.50. The van der Waals surface area contributed by atoms with E-state index < -0.39 is 0 Å². The zero-order valence-electron chi connectivity index (χ0n) is 11.6. The van der Waals surface area contributed by atoms with Crippen LogP contribution >= 0.6 is 0 Å². The molecule has 1 N–H and O–H groups in total. The molecule has 96 valence electrons. The third kappa shape index (κ3) is 3.70. The van der Waals surface area contributed by atoms with Crippen molar-refractivity contribution in [3.8, 4) is 0 Å². The van der Waals surface area contributed by atoms with Crippen LogP contribution in [0.25, 0.3) is 0 Å². The molecule has 0 amide bonds. The molecule has 0 aromatic carbocycles. The van der Waals surface area contributed by atoms with Crippen LogP contribution in [0.3, 0.4) is 0 Å². The van der Waals surface area contributed by atoms with Gasteiger partial charge in [-0.1, -0.05) is 13.8 Å². The van der Waals surface area contributed by atoms with Gasteiger partial charge in [0.05, 0.1) is 6.61 Å². The maximum atomic E-state index is 9.45. The average molecular weight is 236 g/mol. The number of aliphatic hydroxyl groups excluding tert-OH is 1. The lowest BCUT2D eigenvalue weighted by molar-refractivity contribution is 0.281. The van der Waals surface area contributed by atoms with Gasteiger partial charge in [0.25, 0.3) is 0 Å². The Balaban J connectivity index is 2.95. The molecule has 1 heterocycles. The van der Waals surface area contributed by atoms with Crippen molar-refractivity contribution >= 4 is 5.82 Å². The van der Waals surface area contributed by atoms with Crippen LogP contribution in [0.2, 0.25) is 0 Å². The van der Waals surface area contributed by atoms with Crippen molar-refractivity contribution in [2.24, 2.45) is 5.92 Å². The minimum atomic E-state index is 0.0560. The van der Waals surface area contributed by atoms with Gasteiger partial charge in [0.1, 0.15) is 5.82 Å². The molecule has 0 saturated carbocycles. The lowest BCUT2D eigenvalue weighted by Crippen LogP contribution is -2.23. The SMILES string of the molecule is Cc1cc(C)c(CO)c(N(C)CCC(C)C)n1. The summed E-state index contributed by atoms with van der Waals surface area (Å²) in [5, 5.41) is 9.45. The van der Waals surface area contributed by atoms with Crippen molar-refractivity contribution in [2.45, 2.75) is 40.7 Å². The van der Waals surface area contributed by atoms with Crippen LogP contribution in [0.15, 0.2) is 6.07 Å². The zero-order chi connectivity index (χ0) is 13.0. The monoisotopic (exact) mass is 236 g/mol. The van der Waals surface area contributed by atoms with Gasteiger partial charge in [-0.15, -0.1) is 0 Å². The number of hydrogen-bond acceptors (Lipinski definition) is 3. The highest BCUT2D eigenvalue weighted by atomic mass is 16.3. The smallest absolute Gasteiger partial charge is 0.134 e. The fourth-order valence-corrected chi connectivity index (χ4v) is 1.91. The number of aryl methyl sites for hydroxylation is 2. The van der Waals surface area contributed by atoms with E-state index in [0.717, 1.165) is 35.6 Å². The van der Waals surface area contributed by atoms with Gasteiger partial charge in [-0.3, -0.25) is 0 Å². The maximum Gasteiger partial charge on any atom is 0.134 e. The number of aromatic nitrogens is 1. The summed E-state index contributed by atoms with van der Waals surface area (Å²) in [5.74, 6) is 1.60. The average Bonchev–Trinajstić information content (AvgIpc) is 2.24. The van der Waals surface area contributed by atoms with Gasteiger partial charge in [0, 0.05) is 24.8 Å². The van der Waals surface area contributed by atoms with E-state index in [0.29, 0.717) is 5.92 Å². The number of hydrogen-bond donors (Lipinski definition) is 1. The van der Waals surface area contributed by atoms with E-state index in [9.17, 15) is 5.11 Å². The molecular weight excluding hydrogens is 212 g/mol. The summed E-state index contributed by atoms with van der Waals surface area (Å²) in [7, 11) is 2.04. The van der Waals surface area contributed by atoms with Gasteiger partial charge in [0.15, 0.2) is 0 Å². The number of rotatable bonds is 5. The van der Waals surface area contributed by atoms with Gasteiger partial charge in [-0.05, 0) is 37.8 Å². The van der Waals surface area contributed by atoms with Gasteiger partial charge in [-0.2, -0.15) is 0 Å². The van der Waals surface area contributed by atoms with E-state index in [4.69, 9.17) is 0 Å². The highest BCUT2D eigenvalue weighted by Crippen LogP contribution is 2.22. The van der Waals surface area contributed by atoms with E-state index in [2.05, 4.69) is 23.7 Å². The lowest BCUT2D eigenvalue weighted by atomic mass is 10.1. The predicted molar refractivity (Wildman–Crippen MR) is 72.4 cm³/mol. The molecule has 0 unspecified atom stereocenters. The molecule has 3 nitrogen and oxygen atoms in total. The minimum absolute atomic E-state index is 0.0560. The summed E-state index contributed by atoms with van der Waals surface area (Å²) in [6.07, 6.45) is 1.13. The first-order valence-corrected chi connectivity index (χ1v) is 6.24. The Hall–Kier alpha value is -1.09. The fraction of sp³-hybridized carbons (Fsp3) is 0.643. The molecule has 0 radical (unpaired) electrons. The van der Waals surface area contributed by atoms with Crippen molar-refractivity contribution in [1.82, 2.24) is 4.98 Å². The second-order valence-corrected chi connectivity index (χ2v) is 5.14. The number of nitrogens with zero attached hydrogens (tertiary/aromatic N) is 2. The topological polar surface area (TPSA) is 36.4 Å². The van der Waals surface area contributed by atoms with Crippen molar-refractivity contribution in [3.05, 3.63) is 22.9 Å². The molecule has 3 heteroatoms. The summed E-state index contributed by atoms with van der Waals surface area (Å²) in [6.45, 7) is 9.49. The van der Waals surface area contributed by atoms with E-state index >= 15 is 0 Å². The molecule has 1 aromatic heterocycles. The molecule has 0 saturated heterocycles. The van der Waals surface area contributed by atoms with Crippen LogP contribution in [0.5, 0.6) is 0 Å². The molecular formula is C14H24N2O. The molecule has 1 aromatic rings. The van der Waals surface area contributed by atoms with E-state index in [1.165, 1.54) is 0 Å². The molecule has 0 fully saturated rings. The Bertz CT molecular complexity index is 375. The highest BCUT2D eigenvalue weighted by Gasteiger charge is 2.12. The molecule has 1 rings (SSSR count). The summed E-state index contributed by atoms with van der Waals surface area (Å²) in [5.41, 5.74) is 3.07. The second-order valence-electron chi connectivity index (χ2n) is 5.14. The minimum Gasteiger partial charge on any atom is -0.392 e. The molecule has 0 aliphatic carbocycles. The second kappa shape index (κ2) is 6.01. The third-order valence-electron chi connectivity index (χ3n) is 3.02. The quantitative estimate of drug-likeness (QED) is 0.854. The largest absolute Gasteiger partial charge is 0.392 e. The van der Waals surface area contributed by atoms with E-state index in [-0.39, 0.29) is 6.61 Å². The summed E-state index contributed by atoms with van der Waals surface area (Å²) in [4.78, 5) is 6.69. The van der Waals surface area contributed by atoms with Gasteiger partial charge in [0.2, 0.25) is 0 Å². The first kappa shape index (κ1) is 14.0. The standard InChI is InChI=1S/C14H24N2O/c1-10(2)6-7-16(5)14-13(9-17)11(3)8-12(4)15-14/h8,10,17H,6-7,9H2,1-5H3. The molecule has 0 atom stereocenters. The maximum absolute atomic E-state index is 9.45. The van der Waals surface area contributed by atoms with Crippen molar-refractivity contribution in [2.75, 3.05) is 18.5 Å². The van der Waals surface area contributed by atoms with Crippen molar-refractivity contribution in [3.63, 3.8) is 0 Å². The summed E-state index contributed by atoms with van der Waals surface area (Å²) in [6, 6.07) is 2.02. The summed E-state index contributed by atoms with van der Waals surface area (Å²) < 4.78 is 0. The molecule has 0 bridgehead atoms. The number of aliphatic hydroxyl groups is 1. The lowest BCUT2D eigenvalue weighted by Gasteiger charge is -2.23. The molecule has 0 aliphatic rings. The summed E-state index contributed by atoms with van der Waals surface area (Å²) >= 11 is 0. The first-order chi connectivity index (χ1) is 7.95. The Kier molecular flexibility index (Phi) is 4.94. The van der Waals surface area contributed by atoms with Crippen LogP contribution in [-0.2, 0) is 6.61 Å². The number of anilines is 1. The van der Waals surface area contributed by atoms with Crippen molar-refractivity contribution < 1.29 is 5.11 Å². The number of pyridine rings is 1. The Morgan fingerprint density at radius 1 is 1.35 bits per heavy atom. The van der Waals surface area contributed by atoms with Crippen molar-refractivity contribution in [1.29, 1.82) is 0 Å². The molecule has 0 aliphatic heterocycles. The van der Waals surface area contributed by atoms with Gasteiger partial charge < -0.3 is 10.0 Å². The van der Waals surface area contributed by atoms with Crippen LogP contribution < -0.4 is 4.90 Å². The van der Waals surface area contributed by atoms with Gasteiger partial charge >= 0.3 is 0 Å². The molecule has 0 spiro atoms. The first-order valence-electron chi connectivity index (χ1n) is 6.24. The third-order valence-corrected chi connectivity index (χ3v) is 3.02. The Morgan fingerprint density at radius 3 is 2.53 bits per heavy atom. The Labute approximate surface area is 104 Å². The van der Waals surface area contributed by atoms with E-state index in [1.807, 2.05) is 27.0 Å². The van der Waals surface area contributed by atoms with Gasteiger partial charge in [-0.25, -0.2) is 4.98 Å². The predicted octanol–water partition coefficient (Wildman–Crippen LogP) is 2.67. The Morgan fingerprint density at radius 2 is 2.00 bits per heavy atom. The van der Waals surface area contributed by atoms with E-state index in [1.54, 1.807) is 0 Å². The van der Waals surface area contributed by atoms with Crippen LogP contribution in [0.4, 0.5) is 5.82 Å². The fourth-order valence-electron chi connectivity index (χ4n) is 1.91.